The first-order valence-electron chi connectivity index (χ1n) is 9.25. The molecule has 2 N–H and O–H groups in total. The minimum Gasteiger partial charge on any atom is -0.411 e. The van der Waals surface area contributed by atoms with Crippen LogP contribution < -0.4 is 5.32 Å². The lowest BCUT2D eigenvalue weighted by Crippen LogP contribution is -2.44. The van der Waals surface area contributed by atoms with Crippen LogP contribution in [0.2, 0.25) is 0 Å². The zero-order chi connectivity index (χ0) is 18.0. The van der Waals surface area contributed by atoms with Crippen molar-refractivity contribution in [3.63, 3.8) is 0 Å². The quantitative estimate of drug-likeness (QED) is 0.375. The normalized spacial score (nSPS) is 22.0. The van der Waals surface area contributed by atoms with Gasteiger partial charge >= 0.3 is 0 Å². The van der Waals surface area contributed by atoms with Crippen LogP contribution in [-0.4, -0.2) is 22.7 Å². The van der Waals surface area contributed by atoms with Crippen LogP contribution in [0.4, 0.5) is 0 Å². The summed E-state index contributed by atoms with van der Waals surface area (Å²) in [6.07, 6.45) is 9.74. The molecule has 3 rings (SSSR count). The fraction of sp³-hybridized carbons (Fsp3) is 0.524. The summed E-state index contributed by atoms with van der Waals surface area (Å²) in [6.45, 7) is 6.34. The van der Waals surface area contributed by atoms with E-state index in [9.17, 15) is 4.79 Å². The maximum absolute atomic E-state index is 12.8. The lowest BCUT2D eigenvalue weighted by atomic mass is 9.82. The summed E-state index contributed by atoms with van der Waals surface area (Å²) in [7, 11) is 0. The van der Waals surface area contributed by atoms with Gasteiger partial charge in [0.25, 0.3) is 0 Å². The molecule has 1 aliphatic heterocycles. The molecule has 0 unspecified atom stereocenters. The molecule has 2 aliphatic rings. The van der Waals surface area contributed by atoms with E-state index in [1.165, 1.54) is 18.2 Å². The van der Waals surface area contributed by atoms with Gasteiger partial charge in [0.05, 0.1) is 6.21 Å². The molecule has 0 saturated heterocycles. The summed E-state index contributed by atoms with van der Waals surface area (Å²) in [6, 6.07) is 4.17. The number of fused-ring (bicyclic) bond motifs is 1. The molecule has 0 amide bonds. The maximum atomic E-state index is 12.8. The topological polar surface area (TPSA) is 61.7 Å². The van der Waals surface area contributed by atoms with E-state index in [0.717, 1.165) is 54.5 Å². The van der Waals surface area contributed by atoms with E-state index in [4.69, 9.17) is 5.21 Å². The van der Waals surface area contributed by atoms with Crippen molar-refractivity contribution >= 4 is 17.7 Å². The Kier molecular flexibility index (Phi) is 4.98. The average Bonchev–Trinajstić information content (AvgIpc) is 2.56. The molecule has 1 aromatic carbocycles. The smallest absolute Gasteiger partial charge is 0.160 e. The van der Waals surface area contributed by atoms with Crippen LogP contribution in [0.3, 0.4) is 0 Å². The van der Waals surface area contributed by atoms with E-state index >= 15 is 0 Å². The Bertz CT molecular complexity index is 726. The first-order valence-corrected chi connectivity index (χ1v) is 9.25. The monoisotopic (exact) mass is 340 g/mol. The van der Waals surface area contributed by atoms with Crippen molar-refractivity contribution in [3.8, 4) is 0 Å². The van der Waals surface area contributed by atoms with Gasteiger partial charge < -0.3 is 10.5 Å². The summed E-state index contributed by atoms with van der Waals surface area (Å²) in [4.78, 5) is 12.8. The largest absolute Gasteiger partial charge is 0.411 e. The molecule has 0 aromatic heterocycles. The molecule has 0 radical (unpaired) electrons. The van der Waals surface area contributed by atoms with Crippen molar-refractivity contribution in [2.45, 2.75) is 64.8 Å². The molecular weight excluding hydrogens is 312 g/mol. The highest BCUT2D eigenvalue weighted by atomic mass is 16.4. The van der Waals surface area contributed by atoms with Crippen LogP contribution in [0.1, 0.15) is 68.2 Å². The predicted octanol–water partition coefficient (Wildman–Crippen LogP) is 4.22. The maximum Gasteiger partial charge on any atom is 0.160 e. The second-order valence-electron chi connectivity index (χ2n) is 8.09. The van der Waals surface area contributed by atoms with Crippen molar-refractivity contribution < 1.29 is 10.0 Å². The summed E-state index contributed by atoms with van der Waals surface area (Å²) in [5, 5.41) is 15.6. The first-order chi connectivity index (χ1) is 11.9. The van der Waals surface area contributed by atoms with E-state index < -0.39 is 0 Å². The number of oxime groups is 1. The van der Waals surface area contributed by atoms with Gasteiger partial charge in [-0.15, -0.1) is 0 Å². The Balaban J connectivity index is 2.00. The molecule has 0 atom stereocenters. The third-order valence-corrected chi connectivity index (χ3v) is 5.38. The highest BCUT2D eigenvalue weighted by Gasteiger charge is 2.29. The molecular formula is C21H28N2O2. The second kappa shape index (κ2) is 7.03. The van der Waals surface area contributed by atoms with Gasteiger partial charge in [0.2, 0.25) is 0 Å². The minimum absolute atomic E-state index is 0.0926. The molecule has 1 fully saturated rings. The second-order valence-corrected chi connectivity index (χ2v) is 8.09. The fourth-order valence-electron chi connectivity index (χ4n) is 4.10. The van der Waals surface area contributed by atoms with Gasteiger partial charge in [-0.3, -0.25) is 4.79 Å². The number of rotatable bonds is 3. The Morgan fingerprint density at radius 1 is 1.28 bits per heavy atom. The molecule has 4 heteroatoms. The number of carbonyl (C=O) groups excluding carboxylic acids is 1. The van der Waals surface area contributed by atoms with E-state index in [1.54, 1.807) is 0 Å². The van der Waals surface area contributed by atoms with E-state index in [0.29, 0.717) is 0 Å². The Hall–Kier alpha value is -2.10. The molecule has 4 nitrogen and oxygen atoms in total. The van der Waals surface area contributed by atoms with Crippen molar-refractivity contribution in [1.82, 2.24) is 5.32 Å². The number of aryl methyl sites for hydroxylation is 1. The van der Waals surface area contributed by atoms with E-state index in [2.05, 4.69) is 30.4 Å². The Morgan fingerprint density at radius 2 is 2.00 bits per heavy atom. The van der Waals surface area contributed by atoms with Gasteiger partial charge in [0.15, 0.2) is 5.78 Å². The molecule has 1 aliphatic carbocycles. The highest BCUT2D eigenvalue weighted by Crippen LogP contribution is 2.33. The predicted molar refractivity (Wildman–Crippen MR) is 101 cm³/mol. The SMILES string of the molecule is Cc1cc2c(cc1C=NO)C(=CC(=O)C1CCCCC1)NC(C)(C)C2. The lowest BCUT2D eigenvalue weighted by Gasteiger charge is -2.36. The molecule has 0 bridgehead atoms. The van der Waals surface area contributed by atoms with Gasteiger partial charge in [-0.05, 0) is 62.8 Å². The number of nitrogens with one attached hydrogen (secondary N) is 1. The zero-order valence-corrected chi connectivity index (χ0v) is 15.4. The van der Waals surface area contributed by atoms with Crippen LogP contribution in [0, 0.1) is 12.8 Å². The Morgan fingerprint density at radius 3 is 2.68 bits per heavy atom. The van der Waals surface area contributed by atoms with Gasteiger partial charge in [-0.25, -0.2) is 0 Å². The number of benzene rings is 1. The van der Waals surface area contributed by atoms with E-state index in [-0.39, 0.29) is 17.2 Å². The number of carbonyl (C=O) groups is 1. The van der Waals surface area contributed by atoms with Crippen LogP contribution >= 0.6 is 0 Å². The Labute approximate surface area is 150 Å². The van der Waals surface area contributed by atoms with Crippen LogP contribution in [0.25, 0.3) is 5.70 Å². The molecule has 1 saturated carbocycles. The van der Waals surface area contributed by atoms with E-state index in [1.807, 2.05) is 19.1 Å². The molecule has 1 heterocycles. The van der Waals surface area contributed by atoms with Crippen molar-refractivity contribution in [2.24, 2.45) is 11.1 Å². The molecule has 25 heavy (non-hydrogen) atoms. The fourth-order valence-corrected chi connectivity index (χ4v) is 4.10. The van der Waals surface area contributed by atoms with Gasteiger partial charge in [0, 0.05) is 28.8 Å². The summed E-state index contributed by atoms with van der Waals surface area (Å²) >= 11 is 0. The van der Waals surface area contributed by atoms with Crippen molar-refractivity contribution in [3.05, 3.63) is 40.5 Å². The summed E-state index contributed by atoms with van der Waals surface area (Å²) < 4.78 is 0. The first kappa shape index (κ1) is 17.7. The zero-order valence-electron chi connectivity index (χ0n) is 15.4. The van der Waals surface area contributed by atoms with Gasteiger partial charge in [-0.1, -0.05) is 30.5 Å². The molecule has 0 spiro atoms. The standard InChI is InChI=1S/C21H28N2O2/c1-14-9-16-12-21(2,3)23-19(18(16)10-17(14)13-22-25)11-20(24)15-7-5-4-6-8-15/h9-11,13,15,23,25H,4-8,12H2,1-3H3. The third-order valence-electron chi connectivity index (χ3n) is 5.38. The number of ketones is 1. The van der Waals surface area contributed by atoms with Crippen LogP contribution in [-0.2, 0) is 11.2 Å². The summed E-state index contributed by atoms with van der Waals surface area (Å²) in [5.74, 6) is 0.407. The number of hydrogen-bond donors (Lipinski definition) is 2. The third kappa shape index (κ3) is 3.94. The lowest BCUT2D eigenvalue weighted by molar-refractivity contribution is -0.119. The number of nitrogens with zero attached hydrogens (tertiary/aromatic N) is 1. The van der Waals surface area contributed by atoms with Crippen molar-refractivity contribution in [1.29, 1.82) is 0 Å². The van der Waals surface area contributed by atoms with Crippen molar-refractivity contribution in [2.75, 3.05) is 0 Å². The highest BCUT2D eigenvalue weighted by molar-refractivity contribution is 5.99. The van der Waals surface area contributed by atoms with Crippen LogP contribution in [0.15, 0.2) is 23.4 Å². The summed E-state index contributed by atoms with van der Waals surface area (Å²) in [5.41, 5.74) is 5.04. The average molecular weight is 340 g/mol. The number of hydrogen-bond acceptors (Lipinski definition) is 4. The van der Waals surface area contributed by atoms with Crippen LogP contribution in [0.5, 0.6) is 0 Å². The van der Waals surface area contributed by atoms with Gasteiger partial charge in [0.1, 0.15) is 0 Å². The molecule has 134 valence electrons. The van der Waals surface area contributed by atoms with Gasteiger partial charge in [-0.2, -0.15) is 0 Å². The molecule has 1 aromatic rings. The number of allylic oxidation sites excluding steroid dienone is 1. The minimum atomic E-state index is -0.0926.